The fraction of sp³-hybridized carbons (Fsp3) is 0.889. The smallest absolute Gasteiger partial charge is 0.224 e. The third-order valence-electron chi connectivity index (χ3n) is 4.87. The van der Waals surface area contributed by atoms with Crippen molar-refractivity contribution in [3.8, 4) is 0 Å². The lowest BCUT2D eigenvalue weighted by molar-refractivity contribution is -0.136. The molecule has 0 aromatic heterocycles. The van der Waals surface area contributed by atoms with Gasteiger partial charge in [-0.2, -0.15) is 0 Å². The number of rotatable bonds is 8. The first kappa shape index (κ1) is 19.2. The molecule has 138 valence electrons. The first-order valence-corrected chi connectivity index (χ1v) is 9.46. The Bertz CT molecular complexity index is 400. The van der Waals surface area contributed by atoms with Crippen LogP contribution in [0, 0.1) is 5.92 Å². The minimum Gasteiger partial charge on any atom is -0.379 e. The minimum absolute atomic E-state index is 0.0460. The average Bonchev–Trinajstić information content (AvgIpc) is 3.07. The molecule has 2 aliphatic rings. The summed E-state index contributed by atoms with van der Waals surface area (Å²) in [4.78, 5) is 26.4. The molecular formula is C18H33N3O3. The summed E-state index contributed by atoms with van der Waals surface area (Å²) in [6.07, 6.45) is 5.51. The van der Waals surface area contributed by atoms with E-state index >= 15 is 0 Å². The summed E-state index contributed by atoms with van der Waals surface area (Å²) in [5.41, 5.74) is 0. The van der Waals surface area contributed by atoms with Crippen molar-refractivity contribution >= 4 is 11.8 Å². The van der Waals surface area contributed by atoms with Gasteiger partial charge >= 0.3 is 0 Å². The highest BCUT2D eigenvalue weighted by atomic mass is 16.5. The molecule has 0 aromatic rings. The molecule has 2 saturated heterocycles. The van der Waals surface area contributed by atoms with Gasteiger partial charge in [-0.05, 0) is 52.5 Å². The van der Waals surface area contributed by atoms with Crippen molar-refractivity contribution in [1.29, 1.82) is 0 Å². The highest BCUT2D eigenvalue weighted by molar-refractivity contribution is 5.80. The van der Waals surface area contributed by atoms with E-state index in [4.69, 9.17) is 4.74 Å². The van der Waals surface area contributed by atoms with Gasteiger partial charge in [-0.1, -0.05) is 0 Å². The van der Waals surface area contributed by atoms with Crippen LogP contribution in [0.2, 0.25) is 0 Å². The van der Waals surface area contributed by atoms with Gasteiger partial charge in [0, 0.05) is 44.6 Å². The summed E-state index contributed by atoms with van der Waals surface area (Å²) in [6, 6.07) is 0.353. The van der Waals surface area contributed by atoms with E-state index in [2.05, 4.69) is 10.6 Å². The predicted molar refractivity (Wildman–Crippen MR) is 93.7 cm³/mol. The summed E-state index contributed by atoms with van der Waals surface area (Å²) < 4.78 is 5.46. The van der Waals surface area contributed by atoms with Crippen molar-refractivity contribution in [3.05, 3.63) is 0 Å². The lowest BCUT2D eigenvalue weighted by Gasteiger charge is -2.32. The maximum atomic E-state index is 12.3. The first-order valence-electron chi connectivity index (χ1n) is 9.46. The van der Waals surface area contributed by atoms with E-state index in [1.807, 2.05) is 18.7 Å². The van der Waals surface area contributed by atoms with Crippen LogP contribution in [0.4, 0.5) is 0 Å². The molecule has 24 heavy (non-hydrogen) atoms. The number of nitrogens with zero attached hydrogens (tertiary/aromatic N) is 1. The van der Waals surface area contributed by atoms with Crippen molar-refractivity contribution in [2.75, 3.05) is 32.8 Å². The van der Waals surface area contributed by atoms with Crippen molar-refractivity contribution in [3.63, 3.8) is 0 Å². The molecule has 2 amide bonds. The van der Waals surface area contributed by atoms with Crippen molar-refractivity contribution < 1.29 is 14.3 Å². The Morgan fingerprint density at radius 1 is 1.25 bits per heavy atom. The second-order valence-electron chi connectivity index (χ2n) is 7.22. The highest BCUT2D eigenvalue weighted by Gasteiger charge is 2.28. The van der Waals surface area contributed by atoms with Crippen LogP contribution in [0.3, 0.4) is 0 Å². The van der Waals surface area contributed by atoms with E-state index in [1.165, 1.54) is 6.42 Å². The molecule has 2 rings (SSSR count). The third kappa shape index (κ3) is 6.40. The van der Waals surface area contributed by atoms with Gasteiger partial charge in [-0.3, -0.25) is 9.59 Å². The van der Waals surface area contributed by atoms with Crippen LogP contribution >= 0.6 is 0 Å². The lowest BCUT2D eigenvalue weighted by atomic mass is 9.95. The third-order valence-corrected chi connectivity index (χ3v) is 4.87. The summed E-state index contributed by atoms with van der Waals surface area (Å²) in [5, 5.41) is 6.37. The van der Waals surface area contributed by atoms with Crippen LogP contribution in [0.15, 0.2) is 0 Å². The maximum Gasteiger partial charge on any atom is 0.224 e. The molecule has 2 heterocycles. The number of nitrogens with one attached hydrogen (secondary N) is 2. The number of piperidine rings is 1. The van der Waals surface area contributed by atoms with Gasteiger partial charge in [-0.25, -0.2) is 0 Å². The van der Waals surface area contributed by atoms with Crippen LogP contribution in [-0.2, 0) is 14.3 Å². The van der Waals surface area contributed by atoms with Gasteiger partial charge in [-0.15, -0.1) is 0 Å². The average molecular weight is 339 g/mol. The fourth-order valence-electron chi connectivity index (χ4n) is 3.41. The molecule has 6 nitrogen and oxygen atoms in total. The Morgan fingerprint density at radius 3 is 2.62 bits per heavy atom. The number of hydrogen-bond donors (Lipinski definition) is 2. The van der Waals surface area contributed by atoms with Crippen LogP contribution in [-0.4, -0.2) is 61.6 Å². The summed E-state index contributed by atoms with van der Waals surface area (Å²) in [5.74, 6) is 0.410. The van der Waals surface area contributed by atoms with Gasteiger partial charge in [0.25, 0.3) is 0 Å². The molecule has 1 atom stereocenters. The molecule has 0 bridgehead atoms. The number of ether oxygens (including phenoxy) is 1. The lowest BCUT2D eigenvalue weighted by Crippen LogP contribution is -2.44. The van der Waals surface area contributed by atoms with Gasteiger partial charge in [0.15, 0.2) is 0 Å². The zero-order valence-corrected chi connectivity index (χ0v) is 15.2. The molecule has 2 aliphatic heterocycles. The van der Waals surface area contributed by atoms with Gasteiger partial charge in [0.2, 0.25) is 11.8 Å². The van der Waals surface area contributed by atoms with E-state index in [0.717, 1.165) is 32.2 Å². The summed E-state index contributed by atoms with van der Waals surface area (Å²) >= 11 is 0. The zero-order chi connectivity index (χ0) is 17.4. The quantitative estimate of drug-likeness (QED) is 0.654. The van der Waals surface area contributed by atoms with Crippen molar-refractivity contribution in [2.45, 2.75) is 64.5 Å². The van der Waals surface area contributed by atoms with E-state index in [9.17, 15) is 9.59 Å². The number of likely N-dealkylation sites (tertiary alicyclic amines) is 1. The van der Waals surface area contributed by atoms with Crippen LogP contribution < -0.4 is 10.6 Å². The molecular weight excluding hydrogens is 306 g/mol. The second kappa shape index (κ2) is 9.99. The number of carbonyl (C=O) groups is 2. The largest absolute Gasteiger partial charge is 0.379 e. The summed E-state index contributed by atoms with van der Waals surface area (Å²) in [7, 11) is 0. The normalized spacial score (nSPS) is 22.1. The SMILES string of the molecule is CC(C)OCCCNC(=O)C1CCN(C(=O)CC2CCCN2)CC1. The maximum absolute atomic E-state index is 12.3. The van der Waals surface area contributed by atoms with E-state index < -0.39 is 0 Å². The monoisotopic (exact) mass is 339 g/mol. The van der Waals surface area contributed by atoms with Crippen LogP contribution in [0.1, 0.15) is 52.4 Å². The fourth-order valence-corrected chi connectivity index (χ4v) is 3.41. The topological polar surface area (TPSA) is 70.7 Å². The predicted octanol–water partition coefficient (Wildman–Crippen LogP) is 1.30. The molecule has 2 N–H and O–H groups in total. The van der Waals surface area contributed by atoms with Gasteiger partial charge in [0.1, 0.15) is 0 Å². The molecule has 6 heteroatoms. The van der Waals surface area contributed by atoms with E-state index in [1.54, 1.807) is 0 Å². The standard InChI is InChI=1S/C18H33N3O3/c1-14(2)24-12-4-9-20-18(23)15-6-10-21(11-7-15)17(22)13-16-5-3-8-19-16/h14-16,19H,3-13H2,1-2H3,(H,20,23). The molecule has 0 spiro atoms. The van der Waals surface area contributed by atoms with Gasteiger partial charge in [0.05, 0.1) is 6.10 Å². The molecule has 2 fully saturated rings. The Morgan fingerprint density at radius 2 is 2.00 bits per heavy atom. The van der Waals surface area contributed by atoms with Crippen LogP contribution in [0.25, 0.3) is 0 Å². The molecule has 1 unspecified atom stereocenters. The van der Waals surface area contributed by atoms with Crippen molar-refractivity contribution in [1.82, 2.24) is 15.5 Å². The van der Waals surface area contributed by atoms with E-state index in [-0.39, 0.29) is 23.8 Å². The van der Waals surface area contributed by atoms with Crippen LogP contribution in [0.5, 0.6) is 0 Å². The Balaban J connectivity index is 1.59. The summed E-state index contributed by atoms with van der Waals surface area (Å²) in [6.45, 7) is 7.81. The number of amides is 2. The Labute approximate surface area is 145 Å². The molecule has 0 radical (unpaired) electrons. The first-order chi connectivity index (χ1) is 11.6. The molecule has 0 saturated carbocycles. The van der Waals surface area contributed by atoms with E-state index in [0.29, 0.717) is 38.7 Å². The molecule has 0 aliphatic carbocycles. The second-order valence-corrected chi connectivity index (χ2v) is 7.22. The Kier molecular flexibility index (Phi) is 7.99. The van der Waals surface area contributed by atoms with Crippen molar-refractivity contribution in [2.24, 2.45) is 5.92 Å². The zero-order valence-electron chi connectivity index (χ0n) is 15.2. The number of carbonyl (C=O) groups excluding carboxylic acids is 2. The molecule has 0 aromatic carbocycles. The van der Waals surface area contributed by atoms with Gasteiger partial charge < -0.3 is 20.3 Å². The minimum atomic E-state index is 0.0460. The number of hydrogen-bond acceptors (Lipinski definition) is 4. The Hall–Kier alpha value is -1.14. The highest BCUT2D eigenvalue weighted by Crippen LogP contribution is 2.19.